The van der Waals surface area contributed by atoms with Crippen LogP contribution in [0.3, 0.4) is 0 Å². The Kier molecular flexibility index (Phi) is 3.89. The molecule has 5 nitrogen and oxygen atoms in total. The van der Waals surface area contributed by atoms with Gasteiger partial charge in [0.2, 0.25) is 10.0 Å². The molecular weight excluding hydrogens is 252 g/mol. The third-order valence-electron chi connectivity index (χ3n) is 3.17. The van der Waals surface area contributed by atoms with Gasteiger partial charge < -0.3 is 10.5 Å². The van der Waals surface area contributed by atoms with Gasteiger partial charge in [-0.2, -0.15) is 0 Å². The molecule has 2 rings (SSSR count). The Morgan fingerprint density at radius 3 is 2.33 bits per heavy atom. The molecule has 0 unspecified atom stereocenters. The van der Waals surface area contributed by atoms with Gasteiger partial charge >= 0.3 is 0 Å². The van der Waals surface area contributed by atoms with Crippen LogP contribution in [0, 0.1) is 0 Å². The molecule has 0 amide bonds. The molecule has 1 fully saturated rings. The summed E-state index contributed by atoms with van der Waals surface area (Å²) in [6.45, 7) is 0. The Hall–Kier alpha value is -1.11. The maximum Gasteiger partial charge on any atom is 0.241 e. The number of hydrogen-bond acceptors (Lipinski definition) is 4. The number of benzene rings is 1. The number of primary sulfonamides is 1. The lowest BCUT2D eigenvalue weighted by Crippen LogP contribution is -2.32. The molecule has 0 bridgehead atoms. The smallest absolute Gasteiger partial charge is 0.241 e. The lowest BCUT2D eigenvalue weighted by Gasteiger charge is -2.27. The zero-order valence-electron chi connectivity index (χ0n) is 10.1. The van der Waals surface area contributed by atoms with E-state index in [2.05, 4.69) is 0 Å². The van der Waals surface area contributed by atoms with Crippen LogP contribution < -0.4 is 15.6 Å². The molecule has 1 aromatic rings. The van der Waals surface area contributed by atoms with Crippen LogP contribution in [0.2, 0.25) is 0 Å². The van der Waals surface area contributed by atoms with Crippen LogP contribution in [-0.2, 0) is 10.0 Å². The van der Waals surface area contributed by atoms with Gasteiger partial charge in [0.25, 0.3) is 0 Å². The maximum absolute atomic E-state index is 11.4. The zero-order valence-corrected chi connectivity index (χ0v) is 10.9. The first-order valence-electron chi connectivity index (χ1n) is 6.01. The lowest BCUT2D eigenvalue weighted by atomic mass is 9.94. The molecule has 0 spiro atoms. The highest BCUT2D eigenvalue weighted by Crippen LogP contribution is 2.27. The van der Waals surface area contributed by atoms with Gasteiger partial charge in [0, 0.05) is 6.04 Å². The van der Waals surface area contributed by atoms with Crippen LogP contribution >= 0.6 is 0 Å². The molecule has 100 valence electrons. The Morgan fingerprint density at radius 1 is 1.11 bits per heavy atom. The van der Waals surface area contributed by atoms with Crippen molar-refractivity contribution in [3.05, 3.63) is 24.3 Å². The summed E-state index contributed by atoms with van der Waals surface area (Å²) in [5, 5.41) is 5.16. The summed E-state index contributed by atoms with van der Waals surface area (Å²) < 4.78 is 28.6. The fraction of sp³-hybridized carbons (Fsp3) is 0.500. The summed E-state index contributed by atoms with van der Waals surface area (Å²) in [5.74, 6) is 0.334. The first-order chi connectivity index (χ1) is 8.47. The van der Waals surface area contributed by atoms with Gasteiger partial charge in [0.1, 0.15) is 10.6 Å². The van der Waals surface area contributed by atoms with Crippen molar-refractivity contribution in [1.29, 1.82) is 0 Å². The molecule has 1 aromatic carbocycles. The predicted molar refractivity (Wildman–Crippen MR) is 68.7 cm³/mol. The summed E-state index contributed by atoms with van der Waals surface area (Å²) in [6.07, 6.45) is 3.53. The molecule has 18 heavy (non-hydrogen) atoms. The number of para-hydroxylation sites is 1. The first kappa shape index (κ1) is 13.3. The van der Waals surface area contributed by atoms with Crippen LogP contribution in [0.5, 0.6) is 5.75 Å². The number of hydrogen-bond donors (Lipinski definition) is 2. The summed E-state index contributed by atoms with van der Waals surface area (Å²) >= 11 is 0. The van der Waals surface area contributed by atoms with Crippen molar-refractivity contribution in [2.75, 3.05) is 0 Å². The minimum Gasteiger partial charge on any atom is -0.489 e. The van der Waals surface area contributed by atoms with E-state index >= 15 is 0 Å². The van der Waals surface area contributed by atoms with Crippen molar-refractivity contribution >= 4 is 10.0 Å². The van der Waals surface area contributed by atoms with Crippen molar-refractivity contribution in [3.63, 3.8) is 0 Å². The number of ether oxygens (including phenoxy) is 1. The van der Waals surface area contributed by atoms with Crippen LogP contribution in [0.25, 0.3) is 0 Å². The van der Waals surface area contributed by atoms with E-state index in [9.17, 15) is 8.42 Å². The van der Waals surface area contributed by atoms with Crippen LogP contribution in [0.15, 0.2) is 29.2 Å². The van der Waals surface area contributed by atoms with Crippen molar-refractivity contribution in [1.82, 2.24) is 0 Å². The fourth-order valence-corrected chi connectivity index (χ4v) is 2.83. The second-order valence-electron chi connectivity index (χ2n) is 4.65. The Bertz CT molecular complexity index is 508. The second-order valence-corrected chi connectivity index (χ2v) is 6.18. The first-order valence-corrected chi connectivity index (χ1v) is 7.55. The largest absolute Gasteiger partial charge is 0.489 e. The van der Waals surface area contributed by atoms with Crippen molar-refractivity contribution in [2.45, 2.75) is 42.7 Å². The molecule has 1 aliphatic carbocycles. The normalized spacial score (nSPS) is 24.8. The Balaban J connectivity index is 2.15. The van der Waals surface area contributed by atoms with Gasteiger partial charge in [-0.15, -0.1) is 0 Å². The van der Waals surface area contributed by atoms with E-state index in [-0.39, 0.29) is 17.0 Å². The standard InChI is InChI=1S/C12H18N2O3S/c13-9-5-7-10(8-6-9)17-11-3-1-2-4-12(11)18(14,15)16/h1-4,9-10H,5-8,13H2,(H2,14,15,16). The fourth-order valence-electron chi connectivity index (χ4n) is 2.17. The molecule has 0 saturated heterocycles. The topological polar surface area (TPSA) is 95.4 Å². The van der Waals surface area contributed by atoms with Gasteiger partial charge in [-0.25, -0.2) is 13.6 Å². The summed E-state index contributed by atoms with van der Waals surface area (Å²) in [7, 11) is -3.74. The molecule has 1 saturated carbocycles. The van der Waals surface area contributed by atoms with Crippen molar-refractivity contribution < 1.29 is 13.2 Å². The van der Waals surface area contributed by atoms with E-state index in [0.717, 1.165) is 25.7 Å². The minimum atomic E-state index is -3.74. The molecule has 0 heterocycles. The molecule has 0 atom stereocenters. The lowest BCUT2D eigenvalue weighted by molar-refractivity contribution is 0.143. The second kappa shape index (κ2) is 5.26. The highest BCUT2D eigenvalue weighted by molar-refractivity contribution is 7.89. The molecule has 6 heteroatoms. The molecule has 1 aliphatic rings. The minimum absolute atomic E-state index is 0.0210. The van der Waals surface area contributed by atoms with E-state index in [1.807, 2.05) is 0 Å². The van der Waals surface area contributed by atoms with Crippen LogP contribution in [-0.4, -0.2) is 20.6 Å². The van der Waals surface area contributed by atoms with E-state index in [4.69, 9.17) is 15.6 Å². The molecule has 0 aromatic heterocycles. The third kappa shape index (κ3) is 3.22. The van der Waals surface area contributed by atoms with Gasteiger partial charge in [-0.05, 0) is 37.8 Å². The SMILES string of the molecule is NC1CCC(Oc2ccccc2S(N)(=O)=O)CC1. The zero-order chi connectivity index (χ0) is 13.2. The molecule has 0 radical (unpaired) electrons. The molecule has 0 aliphatic heterocycles. The van der Waals surface area contributed by atoms with Crippen molar-refractivity contribution in [3.8, 4) is 5.75 Å². The molecule has 4 N–H and O–H groups in total. The monoisotopic (exact) mass is 270 g/mol. The summed E-state index contributed by atoms with van der Waals surface area (Å²) in [6, 6.07) is 6.69. The Labute approximate surface area is 107 Å². The third-order valence-corrected chi connectivity index (χ3v) is 4.12. The van der Waals surface area contributed by atoms with Gasteiger partial charge in [-0.1, -0.05) is 12.1 Å². The maximum atomic E-state index is 11.4. The van der Waals surface area contributed by atoms with E-state index in [0.29, 0.717) is 5.75 Å². The van der Waals surface area contributed by atoms with E-state index < -0.39 is 10.0 Å². The summed E-state index contributed by atoms with van der Waals surface area (Å²) in [5.41, 5.74) is 5.82. The van der Waals surface area contributed by atoms with Gasteiger partial charge in [0.05, 0.1) is 6.10 Å². The Morgan fingerprint density at radius 2 is 1.72 bits per heavy atom. The van der Waals surface area contributed by atoms with E-state index in [1.54, 1.807) is 18.2 Å². The number of rotatable bonds is 3. The highest BCUT2D eigenvalue weighted by atomic mass is 32.2. The van der Waals surface area contributed by atoms with Crippen LogP contribution in [0.4, 0.5) is 0 Å². The highest BCUT2D eigenvalue weighted by Gasteiger charge is 2.22. The van der Waals surface area contributed by atoms with E-state index in [1.165, 1.54) is 6.07 Å². The van der Waals surface area contributed by atoms with Gasteiger partial charge in [0.15, 0.2) is 0 Å². The average molecular weight is 270 g/mol. The van der Waals surface area contributed by atoms with Gasteiger partial charge in [-0.3, -0.25) is 0 Å². The average Bonchev–Trinajstić information content (AvgIpc) is 2.31. The summed E-state index contributed by atoms with van der Waals surface area (Å²) in [4.78, 5) is 0.0415. The number of sulfonamides is 1. The number of nitrogens with two attached hydrogens (primary N) is 2. The van der Waals surface area contributed by atoms with Crippen LogP contribution in [0.1, 0.15) is 25.7 Å². The quantitative estimate of drug-likeness (QED) is 0.856. The molecular formula is C12H18N2O3S. The van der Waals surface area contributed by atoms with Crippen molar-refractivity contribution in [2.24, 2.45) is 10.9 Å². The predicted octanol–water partition coefficient (Wildman–Crippen LogP) is 0.983.